The summed E-state index contributed by atoms with van der Waals surface area (Å²) in [6.07, 6.45) is 3.69. The molecule has 0 saturated heterocycles. The number of nitrogens with zero attached hydrogens (tertiary/aromatic N) is 3. The van der Waals surface area contributed by atoms with E-state index in [-0.39, 0.29) is 0 Å². The van der Waals surface area contributed by atoms with Crippen molar-refractivity contribution in [2.75, 3.05) is 0 Å². The molecule has 0 spiro atoms. The van der Waals surface area contributed by atoms with E-state index >= 15 is 0 Å². The number of hydrogen-bond donors (Lipinski definition) is 0. The third-order valence-corrected chi connectivity index (χ3v) is 1.83. The molecule has 0 atom stereocenters. The number of fused-ring (bicyclic) bond motifs is 1. The first-order valence-corrected chi connectivity index (χ1v) is 3.67. The van der Waals surface area contributed by atoms with Crippen molar-refractivity contribution in [1.29, 1.82) is 0 Å². The summed E-state index contributed by atoms with van der Waals surface area (Å²) in [4.78, 5) is 8.05. The number of hydrogen-bond acceptors (Lipinski definition) is 3. The molecular weight excluding hydrogens is 134 g/mol. The van der Waals surface area contributed by atoms with Crippen molar-refractivity contribution in [3.05, 3.63) is 12.4 Å². The fraction of sp³-hybridized carbons (Fsp3) is 0.200. The summed E-state index contributed by atoms with van der Waals surface area (Å²) in [6, 6.07) is 0. The van der Waals surface area contributed by atoms with Crippen LogP contribution in [-0.2, 0) is 5.88 Å². The van der Waals surface area contributed by atoms with E-state index in [4.69, 9.17) is 0 Å². The van der Waals surface area contributed by atoms with Crippen molar-refractivity contribution in [2.24, 2.45) is 4.99 Å². The predicted octanol–water partition coefficient (Wildman–Crippen LogP) is 1.25. The summed E-state index contributed by atoms with van der Waals surface area (Å²) < 4.78 is 2.00. The van der Waals surface area contributed by atoms with E-state index in [2.05, 4.69) is 9.98 Å². The lowest BCUT2D eigenvalue weighted by Gasteiger charge is -2.04. The highest BCUT2D eigenvalue weighted by molar-refractivity contribution is 8.11. The van der Waals surface area contributed by atoms with Crippen molar-refractivity contribution in [3.63, 3.8) is 0 Å². The number of rotatable bonds is 0. The van der Waals surface area contributed by atoms with Crippen LogP contribution < -0.4 is 0 Å². The van der Waals surface area contributed by atoms with Crippen molar-refractivity contribution in [3.8, 4) is 0 Å². The molecule has 0 radical (unpaired) electrons. The monoisotopic (exact) mass is 139 g/mol. The molecular formula is C5H5N3S. The second-order valence-electron chi connectivity index (χ2n) is 1.73. The minimum absolute atomic E-state index is 0.814. The summed E-state index contributed by atoms with van der Waals surface area (Å²) in [6.45, 7) is 0. The predicted molar refractivity (Wildman–Crippen MR) is 38.0 cm³/mol. The Kier molecular flexibility index (Phi) is 1.05. The van der Waals surface area contributed by atoms with Gasteiger partial charge in [-0.2, -0.15) is 0 Å². The second kappa shape index (κ2) is 1.88. The Labute approximate surface area is 56.8 Å². The van der Waals surface area contributed by atoms with E-state index in [1.54, 1.807) is 18.0 Å². The van der Waals surface area contributed by atoms with Crippen molar-refractivity contribution < 1.29 is 0 Å². The minimum Gasteiger partial charge on any atom is -0.306 e. The first-order chi connectivity index (χ1) is 4.47. The number of aromatic nitrogens is 2. The Balaban J connectivity index is 2.53. The quantitative estimate of drug-likeness (QED) is 0.541. The molecule has 0 amide bonds. The van der Waals surface area contributed by atoms with Gasteiger partial charge in [0.25, 0.3) is 0 Å². The molecule has 1 aliphatic rings. The van der Waals surface area contributed by atoms with Gasteiger partial charge in [0.15, 0.2) is 0 Å². The zero-order valence-electron chi connectivity index (χ0n) is 4.69. The largest absolute Gasteiger partial charge is 0.306 e. The van der Waals surface area contributed by atoms with Gasteiger partial charge < -0.3 is 4.57 Å². The van der Waals surface area contributed by atoms with Gasteiger partial charge in [-0.15, -0.1) is 0 Å². The molecule has 0 bridgehead atoms. The van der Waals surface area contributed by atoms with E-state index in [1.165, 1.54) is 0 Å². The summed E-state index contributed by atoms with van der Waals surface area (Å²) in [5, 5.41) is 0. The van der Waals surface area contributed by atoms with Crippen LogP contribution in [0.5, 0.6) is 0 Å². The van der Waals surface area contributed by atoms with Crippen LogP contribution in [0.25, 0.3) is 0 Å². The third-order valence-electron chi connectivity index (χ3n) is 1.15. The van der Waals surface area contributed by atoms with Crippen LogP contribution in [0.3, 0.4) is 0 Å². The van der Waals surface area contributed by atoms with Crippen LogP contribution in [0.1, 0.15) is 0 Å². The number of thioether (sulfide) groups is 1. The van der Waals surface area contributed by atoms with E-state index in [1.807, 2.05) is 16.3 Å². The molecule has 9 heavy (non-hydrogen) atoms. The summed E-state index contributed by atoms with van der Waals surface area (Å²) in [5.74, 6) is 1.76. The molecule has 0 aromatic carbocycles. The lowest BCUT2D eigenvalue weighted by molar-refractivity contribution is 0.888. The maximum absolute atomic E-state index is 4.04. The molecule has 0 fully saturated rings. The van der Waals surface area contributed by atoms with Gasteiger partial charge in [-0.25, -0.2) is 9.98 Å². The summed E-state index contributed by atoms with van der Waals surface area (Å²) >= 11 is 1.67. The van der Waals surface area contributed by atoms with Crippen LogP contribution >= 0.6 is 11.8 Å². The van der Waals surface area contributed by atoms with Crippen LogP contribution in [0.4, 0.5) is 5.95 Å². The number of aliphatic imine (C=N–C) groups is 1. The molecule has 2 rings (SSSR count). The summed E-state index contributed by atoms with van der Waals surface area (Å²) in [7, 11) is 0. The van der Waals surface area contributed by atoms with Crippen LogP contribution in [0.2, 0.25) is 0 Å². The highest BCUT2D eigenvalue weighted by atomic mass is 32.2. The van der Waals surface area contributed by atoms with Gasteiger partial charge in [0.05, 0.1) is 11.4 Å². The molecule has 1 aliphatic heterocycles. The van der Waals surface area contributed by atoms with E-state index < -0.39 is 0 Å². The molecule has 1 aromatic rings. The Morgan fingerprint density at radius 2 is 2.67 bits per heavy atom. The van der Waals surface area contributed by atoms with Gasteiger partial charge in [-0.1, -0.05) is 11.8 Å². The Morgan fingerprint density at radius 3 is 3.56 bits per heavy atom. The molecule has 2 heterocycles. The molecule has 3 nitrogen and oxygen atoms in total. The second-order valence-corrected chi connectivity index (χ2v) is 2.53. The first-order valence-electron chi connectivity index (χ1n) is 2.62. The zero-order valence-corrected chi connectivity index (χ0v) is 5.51. The highest BCUT2D eigenvalue weighted by Gasteiger charge is 2.02. The maximum atomic E-state index is 4.04. The smallest absolute Gasteiger partial charge is 0.230 e. The molecule has 0 saturated carbocycles. The van der Waals surface area contributed by atoms with E-state index in [0.29, 0.717) is 0 Å². The Morgan fingerprint density at radius 1 is 1.67 bits per heavy atom. The van der Waals surface area contributed by atoms with Gasteiger partial charge >= 0.3 is 0 Å². The Bertz CT molecular complexity index is 240. The van der Waals surface area contributed by atoms with Crippen LogP contribution in [0, 0.1) is 0 Å². The molecule has 46 valence electrons. The third kappa shape index (κ3) is 0.751. The highest BCUT2D eigenvalue weighted by Crippen LogP contribution is 2.17. The summed E-state index contributed by atoms with van der Waals surface area (Å²) in [5.41, 5.74) is 1.82. The van der Waals surface area contributed by atoms with Crippen molar-refractivity contribution >= 4 is 23.3 Å². The normalized spacial score (nSPS) is 15.6. The fourth-order valence-corrected chi connectivity index (χ4v) is 1.33. The van der Waals surface area contributed by atoms with Crippen molar-refractivity contribution in [1.82, 2.24) is 9.55 Å². The van der Waals surface area contributed by atoms with Crippen LogP contribution in [0.15, 0.2) is 17.4 Å². The first kappa shape index (κ1) is 5.05. The standard InChI is InChI=1S/C5H5N3S/c1-2-8-4-9-3-7-5(8)6-1/h1-3H,4H2. The number of imidazole rings is 1. The lowest BCUT2D eigenvalue weighted by atomic mass is 10.9. The molecule has 4 heteroatoms. The SMILES string of the molecule is C1=Nc2nccn2CS1. The lowest BCUT2D eigenvalue weighted by Crippen LogP contribution is -1.95. The minimum atomic E-state index is 0.814. The average Bonchev–Trinajstić information content (AvgIpc) is 2.33. The van der Waals surface area contributed by atoms with E-state index in [9.17, 15) is 0 Å². The van der Waals surface area contributed by atoms with E-state index in [0.717, 1.165) is 11.8 Å². The molecule has 0 N–H and O–H groups in total. The van der Waals surface area contributed by atoms with Gasteiger partial charge in [-0.05, 0) is 0 Å². The Hall–Kier alpha value is -0.770. The fourth-order valence-electron chi connectivity index (χ4n) is 0.728. The van der Waals surface area contributed by atoms with Crippen molar-refractivity contribution in [2.45, 2.75) is 5.88 Å². The zero-order chi connectivity index (χ0) is 6.10. The average molecular weight is 139 g/mol. The van der Waals surface area contributed by atoms with Gasteiger partial charge in [0, 0.05) is 12.4 Å². The maximum Gasteiger partial charge on any atom is 0.230 e. The molecule has 1 aromatic heterocycles. The molecule has 0 aliphatic carbocycles. The molecule has 0 unspecified atom stereocenters. The van der Waals surface area contributed by atoms with Crippen LogP contribution in [-0.4, -0.2) is 15.1 Å². The van der Waals surface area contributed by atoms with Gasteiger partial charge in [0.1, 0.15) is 0 Å². The van der Waals surface area contributed by atoms with Gasteiger partial charge in [0.2, 0.25) is 5.95 Å². The van der Waals surface area contributed by atoms with Gasteiger partial charge in [-0.3, -0.25) is 0 Å². The topological polar surface area (TPSA) is 30.2 Å².